The van der Waals surface area contributed by atoms with Gasteiger partial charge in [-0.2, -0.15) is 0 Å². The lowest BCUT2D eigenvalue weighted by Gasteiger charge is -2.12. The summed E-state index contributed by atoms with van der Waals surface area (Å²) in [5.41, 5.74) is 0.783. The Balaban J connectivity index is 2.26. The van der Waals surface area contributed by atoms with Crippen molar-refractivity contribution in [3.05, 3.63) is 42.2 Å². The number of benzene rings is 1. The van der Waals surface area contributed by atoms with Crippen molar-refractivity contribution in [1.29, 1.82) is 0 Å². The van der Waals surface area contributed by atoms with Gasteiger partial charge in [0.15, 0.2) is 0 Å². The van der Waals surface area contributed by atoms with Gasteiger partial charge in [-0.15, -0.1) is 0 Å². The van der Waals surface area contributed by atoms with Gasteiger partial charge in [0, 0.05) is 18.0 Å². The number of hydrogen-bond donors (Lipinski definition) is 0. The largest absolute Gasteiger partial charge is 0.456 e. The normalized spacial score (nSPS) is 12.4. The number of aromatic nitrogens is 1. The minimum Gasteiger partial charge on any atom is -0.456 e. The number of esters is 1. The maximum Gasteiger partial charge on any atom is 0.306 e. The number of hydrogen-bond acceptors (Lipinski definition) is 3. The highest BCUT2D eigenvalue weighted by molar-refractivity contribution is 5.81. The van der Waals surface area contributed by atoms with Gasteiger partial charge in [-0.3, -0.25) is 9.78 Å². The molecule has 1 aromatic heterocycles. The molecule has 0 saturated carbocycles. The SMILES string of the molecule is CCC(=O)OC(C)c1cc2ccccc2cn1. The van der Waals surface area contributed by atoms with Crippen LogP contribution in [0.15, 0.2) is 36.5 Å². The fourth-order valence-electron chi connectivity index (χ4n) is 1.66. The minimum absolute atomic E-state index is 0.201. The summed E-state index contributed by atoms with van der Waals surface area (Å²) in [4.78, 5) is 15.5. The van der Waals surface area contributed by atoms with Crippen LogP contribution in [0.25, 0.3) is 10.8 Å². The number of rotatable bonds is 3. The monoisotopic (exact) mass is 229 g/mol. The van der Waals surface area contributed by atoms with E-state index in [9.17, 15) is 4.79 Å². The molecule has 2 aromatic rings. The van der Waals surface area contributed by atoms with Crippen molar-refractivity contribution in [2.45, 2.75) is 26.4 Å². The minimum atomic E-state index is -0.299. The maximum absolute atomic E-state index is 11.2. The molecule has 0 aliphatic rings. The molecule has 17 heavy (non-hydrogen) atoms. The van der Waals surface area contributed by atoms with Crippen molar-refractivity contribution < 1.29 is 9.53 Å². The molecule has 0 radical (unpaired) electrons. The van der Waals surface area contributed by atoms with Gasteiger partial charge in [0.2, 0.25) is 0 Å². The van der Waals surface area contributed by atoms with Crippen molar-refractivity contribution in [3.63, 3.8) is 0 Å². The lowest BCUT2D eigenvalue weighted by molar-refractivity contribution is -0.148. The van der Waals surface area contributed by atoms with E-state index in [0.717, 1.165) is 16.5 Å². The highest BCUT2D eigenvalue weighted by Crippen LogP contribution is 2.20. The number of pyridine rings is 1. The van der Waals surface area contributed by atoms with E-state index in [1.54, 1.807) is 13.1 Å². The van der Waals surface area contributed by atoms with Crippen molar-refractivity contribution in [2.24, 2.45) is 0 Å². The molecule has 0 bridgehead atoms. The molecule has 0 aliphatic carbocycles. The summed E-state index contributed by atoms with van der Waals surface area (Å²) in [6, 6.07) is 9.95. The zero-order valence-corrected chi connectivity index (χ0v) is 10.0. The first-order chi connectivity index (χ1) is 8.20. The molecule has 1 aromatic carbocycles. The molecule has 0 fully saturated rings. The molecule has 0 amide bonds. The molecule has 2 rings (SSSR count). The summed E-state index contributed by atoms with van der Waals surface area (Å²) in [6.07, 6.45) is 1.89. The van der Waals surface area contributed by atoms with Crippen LogP contribution >= 0.6 is 0 Å². The number of carbonyl (C=O) groups excluding carboxylic acids is 1. The molecule has 0 N–H and O–H groups in total. The lowest BCUT2D eigenvalue weighted by Crippen LogP contribution is -2.08. The van der Waals surface area contributed by atoms with Crippen molar-refractivity contribution >= 4 is 16.7 Å². The zero-order valence-electron chi connectivity index (χ0n) is 10.0. The molecule has 88 valence electrons. The smallest absolute Gasteiger partial charge is 0.306 e. The van der Waals surface area contributed by atoms with Gasteiger partial charge in [0.05, 0.1) is 5.69 Å². The quantitative estimate of drug-likeness (QED) is 0.758. The Bertz CT molecular complexity index is 536. The highest BCUT2D eigenvalue weighted by Gasteiger charge is 2.11. The van der Waals surface area contributed by atoms with Crippen LogP contribution < -0.4 is 0 Å². The van der Waals surface area contributed by atoms with Gasteiger partial charge < -0.3 is 4.74 Å². The molecular formula is C14H15NO2. The Morgan fingerprint density at radius 2 is 2.06 bits per heavy atom. The number of ether oxygens (including phenoxy) is 1. The second-order valence-corrected chi connectivity index (χ2v) is 3.94. The van der Waals surface area contributed by atoms with Crippen LogP contribution in [0.4, 0.5) is 0 Å². The van der Waals surface area contributed by atoms with Gasteiger partial charge in [0.1, 0.15) is 6.10 Å². The van der Waals surface area contributed by atoms with E-state index in [-0.39, 0.29) is 12.1 Å². The van der Waals surface area contributed by atoms with E-state index in [2.05, 4.69) is 4.98 Å². The van der Waals surface area contributed by atoms with Crippen LogP contribution in [0.3, 0.4) is 0 Å². The first-order valence-corrected chi connectivity index (χ1v) is 5.75. The average Bonchev–Trinajstić information content (AvgIpc) is 2.38. The van der Waals surface area contributed by atoms with E-state index < -0.39 is 0 Å². The van der Waals surface area contributed by atoms with E-state index in [1.807, 2.05) is 37.3 Å². The Kier molecular flexibility index (Phi) is 3.38. The second kappa shape index (κ2) is 4.95. The molecule has 0 saturated heterocycles. The molecule has 1 heterocycles. The lowest BCUT2D eigenvalue weighted by atomic mass is 10.1. The van der Waals surface area contributed by atoms with Crippen LogP contribution in [-0.2, 0) is 9.53 Å². The number of carbonyl (C=O) groups is 1. The topological polar surface area (TPSA) is 39.2 Å². The summed E-state index contributed by atoms with van der Waals surface area (Å²) in [5, 5.41) is 2.20. The van der Waals surface area contributed by atoms with Gasteiger partial charge in [-0.1, -0.05) is 31.2 Å². The van der Waals surface area contributed by atoms with E-state index in [1.165, 1.54) is 0 Å². The van der Waals surface area contributed by atoms with Gasteiger partial charge in [-0.05, 0) is 18.4 Å². The van der Waals surface area contributed by atoms with Crippen LogP contribution in [0, 0.1) is 0 Å². The van der Waals surface area contributed by atoms with Crippen LogP contribution in [0.1, 0.15) is 32.1 Å². The number of fused-ring (bicyclic) bond motifs is 1. The summed E-state index contributed by atoms with van der Waals surface area (Å²) in [5.74, 6) is -0.201. The summed E-state index contributed by atoms with van der Waals surface area (Å²) < 4.78 is 5.23. The molecule has 0 aliphatic heterocycles. The summed E-state index contributed by atoms with van der Waals surface area (Å²) >= 11 is 0. The van der Waals surface area contributed by atoms with Crippen molar-refractivity contribution in [3.8, 4) is 0 Å². The second-order valence-electron chi connectivity index (χ2n) is 3.94. The molecule has 1 atom stereocenters. The fourth-order valence-corrected chi connectivity index (χ4v) is 1.66. The van der Waals surface area contributed by atoms with Gasteiger partial charge in [0.25, 0.3) is 0 Å². The molecule has 3 nitrogen and oxygen atoms in total. The van der Waals surface area contributed by atoms with Crippen molar-refractivity contribution in [1.82, 2.24) is 4.98 Å². The fraction of sp³-hybridized carbons (Fsp3) is 0.286. The van der Waals surface area contributed by atoms with Crippen LogP contribution in [0.5, 0.6) is 0 Å². The Labute approximate surface area is 100 Å². The van der Waals surface area contributed by atoms with Gasteiger partial charge >= 0.3 is 5.97 Å². The van der Waals surface area contributed by atoms with E-state index in [0.29, 0.717) is 6.42 Å². The van der Waals surface area contributed by atoms with Crippen LogP contribution in [0.2, 0.25) is 0 Å². The van der Waals surface area contributed by atoms with Crippen LogP contribution in [-0.4, -0.2) is 11.0 Å². The molecular weight excluding hydrogens is 214 g/mol. The van der Waals surface area contributed by atoms with Gasteiger partial charge in [-0.25, -0.2) is 0 Å². The first-order valence-electron chi connectivity index (χ1n) is 5.75. The molecule has 3 heteroatoms. The zero-order chi connectivity index (χ0) is 12.3. The van der Waals surface area contributed by atoms with E-state index in [4.69, 9.17) is 4.74 Å². The Morgan fingerprint density at radius 1 is 1.35 bits per heavy atom. The van der Waals surface area contributed by atoms with Crippen molar-refractivity contribution in [2.75, 3.05) is 0 Å². The maximum atomic E-state index is 11.2. The third kappa shape index (κ3) is 2.61. The average molecular weight is 229 g/mol. The molecule has 1 unspecified atom stereocenters. The Morgan fingerprint density at radius 3 is 2.76 bits per heavy atom. The number of nitrogens with zero attached hydrogens (tertiary/aromatic N) is 1. The molecule has 0 spiro atoms. The highest BCUT2D eigenvalue weighted by atomic mass is 16.5. The predicted molar refractivity (Wildman–Crippen MR) is 66.5 cm³/mol. The summed E-state index contributed by atoms with van der Waals surface area (Å²) in [7, 11) is 0. The third-order valence-corrected chi connectivity index (χ3v) is 2.67. The third-order valence-electron chi connectivity index (χ3n) is 2.67. The Hall–Kier alpha value is -1.90. The predicted octanol–water partition coefficient (Wildman–Crippen LogP) is 3.25. The first kappa shape index (κ1) is 11.6. The summed E-state index contributed by atoms with van der Waals surface area (Å²) in [6.45, 7) is 3.62. The standard InChI is InChI=1S/C14H15NO2/c1-3-14(16)17-10(2)13-8-11-6-4-5-7-12(11)9-15-13/h4-10H,3H2,1-2H3. The van der Waals surface area contributed by atoms with E-state index >= 15 is 0 Å².